The minimum atomic E-state index is -0.211. The summed E-state index contributed by atoms with van der Waals surface area (Å²) in [5.41, 5.74) is 1.97. The van der Waals surface area contributed by atoms with Crippen LogP contribution in [0.5, 0.6) is 5.75 Å². The van der Waals surface area contributed by atoms with E-state index in [9.17, 15) is 4.79 Å². The molecule has 0 radical (unpaired) electrons. The topological polar surface area (TPSA) is 76.4 Å². The van der Waals surface area contributed by atoms with E-state index < -0.39 is 0 Å². The van der Waals surface area contributed by atoms with Crippen LogP contribution in [0.2, 0.25) is 0 Å². The van der Waals surface area contributed by atoms with E-state index in [-0.39, 0.29) is 19.1 Å². The van der Waals surface area contributed by atoms with Crippen molar-refractivity contribution in [2.75, 3.05) is 18.5 Å². The Balaban J connectivity index is 2.02. The fourth-order valence-electron chi connectivity index (χ4n) is 1.82. The maximum atomic E-state index is 12.1. The van der Waals surface area contributed by atoms with Crippen molar-refractivity contribution in [2.45, 2.75) is 6.92 Å². The minimum Gasteiger partial charge on any atom is -0.491 e. The van der Waals surface area contributed by atoms with Crippen molar-refractivity contribution in [1.29, 1.82) is 0 Å². The van der Waals surface area contributed by atoms with Crippen LogP contribution in [-0.4, -0.2) is 34.0 Å². The SMILES string of the molecule is Cc1cc(C(=O)Nc2ccc(OCCO)cc2)n(C)n1. The molecule has 6 nitrogen and oxygen atoms in total. The largest absolute Gasteiger partial charge is 0.491 e. The van der Waals surface area contributed by atoms with Gasteiger partial charge in [-0.3, -0.25) is 9.48 Å². The van der Waals surface area contributed by atoms with Gasteiger partial charge in [-0.1, -0.05) is 0 Å². The molecule has 20 heavy (non-hydrogen) atoms. The summed E-state index contributed by atoms with van der Waals surface area (Å²) in [6.45, 7) is 2.06. The third-order valence-corrected chi connectivity index (χ3v) is 2.71. The Morgan fingerprint density at radius 3 is 2.65 bits per heavy atom. The number of aromatic nitrogens is 2. The molecule has 1 heterocycles. The second kappa shape index (κ2) is 6.21. The maximum Gasteiger partial charge on any atom is 0.273 e. The van der Waals surface area contributed by atoms with Gasteiger partial charge in [-0.05, 0) is 37.3 Å². The Morgan fingerprint density at radius 2 is 2.10 bits per heavy atom. The van der Waals surface area contributed by atoms with E-state index >= 15 is 0 Å². The Bertz CT molecular complexity index is 590. The lowest BCUT2D eigenvalue weighted by Crippen LogP contribution is -2.16. The molecule has 2 aromatic rings. The fourth-order valence-corrected chi connectivity index (χ4v) is 1.82. The first-order chi connectivity index (χ1) is 9.60. The predicted molar refractivity (Wildman–Crippen MR) is 74.9 cm³/mol. The first kappa shape index (κ1) is 14.1. The lowest BCUT2D eigenvalue weighted by molar-refractivity contribution is 0.101. The molecule has 0 aliphatic rings. The lowest BCUT2D eigenvalue weighted by Gasteiger charge is -2.07. The molecule has 0 aliphatic heterocycles. The van der Waals surface area contributed by atoms with Crippen LogP contribution in [0.4, 0.5) is 5.69 Å². The zero-order chi connectivity index (χ0) is 14.5. The Hall–Kier alpha value is -2.34. The lowest BCUT2D eigenvalue weighted by atomic mass is 10.3. The van der Waals surface area contributed by atoms with E-state index in [0.717, 1.165) is 5.69 Å². The number of carbonyl (C=O) groups excluding carboxylic acids is 1. The van der Waals surface area contributed by atoms with Gasteiger partial charge < -0.3 is 15.2 Å². The average Bonchev–Trinajstić information content (AvgIpc) is 2.77. The summed E-state index contributed by atoms with van der Waals surface area (Å²) in [6.07, 6.45) is 0. The molecule has 0 fully saturated rings. The van der Waals surface area contributed by atoms with Crippen LogP contribution in [0.25, 0.3) is 0 Å². The van der Waals surface area contributed by atoms with E-state index in [1.807, 2.05) is 6.92 Å². The van der Waals surface area contributed by atoms with Crippen molar-refractivity contribution in [3.8, 4) is 5.75 Å². The van der Waals surface area contributed by atoms with Crippen molar-refractivity contribution >= 4 is 11.6 Å². The van der Waals surface area contributed by atoms with Crippen molar-refractivity contribution in [1.82, 2.24) is 9.78 Å². The van der Waals surface area contributed by atoms with Crippen LogP contribution in [0.3, 0.4) is 0 Å². The molecular formula is C14H17N3O3. The molecule has 0 saturated carbocycles. The summed E-state index contributed by atoms with van der Waals surface area (Å²) in [4.78, 5) is 12.1. The standard InChI is InChI=1S/C14H17N3O3/c1-10-9-13(17(2)16-10)14(19)15-11-3-5-12(6-4-11)20-8-7-18/h3-6,9,18H,7-8H2,1-2H3,(H,15,19). The number of hydrogen-bond donors (Lipinski definition) is 2. The number of ether oxygens (including phenoxy) is 1. The molecule has 106 valence electrons. The number of nitrogens with zero attached hydrogens (tertiary/aromatic N) is 2. The Labute approximate surface area is 117 Å². The highest BCUT2D eigenvalue weighted by atomic mass is 16.5. The third kappa shape index (κ3) is 3.36. The summed E-state index contributed by atoms with van der Waals surface area (Å²) in [5.74, 6) is 0.436. The second-order valence-electron chi connectivity index (χ2n) is 4.35. The van der Waals surface area contributed by atoms with Gasteiger partial charge in [-0.15, -0.1) is 0 Å². The minimum absolute atomic E-state index is 0.0294. The van der Waals surface area contributed by atoms with Gasteiger partial charge in [0.25, 0.3) is 5.91 Å². The quantitative estimate of drug-likeness (QED) is 0.863. The molecule has 0 spiro atoms. The molecule has 6 heteroatoms. The van der Waals surface area contributed by atoms with E-state index in [0.29, 0.717) is 17.1 Å². The van der Waals surface area contributed by atoms with E-state index in [2.05, 4.69) is 10.4 Å². The van der Waals surface area contributed by atoms with Gasteiger partial charge in [0.2, 0.25) is 0 Å². The molecule has 1 aromatic carbocycles. The predicted octanol–water partition coefficient (Wildman–Crippen LogP) is 1.35. The van der Waals surface area contributed by atoms with Crippen molar-refractivity contribution in [3.63, 3.8) is 0 Å². The number of benzene rings is 1. The molecule has 0 atom stereocenters. The second-order valence-corrected chi connectivity index (χ2v) is 4.35. The van der Waals surface area contributed by atoms with Crippen LogP contribution in [0.1, 0.15) is 16.2 Å². The fraction of sp³-hybridized carbons (Fsp3) is 0.286. The number of aliphatic hydroxyl groups is 1. The molecule has 0 bridgehead atoms. The van der Waals surface area contributed by atoms with E-state index in [1.54, 1.807) is 42.1 Å². The van der Waals surface area contributed by atoms with Gasteiger partial charge in [0.15, 0.2) is 0 Å². The number of carbonyl (C=O) groups is 1. The number of aliphatic hydroxyl groups excluding tert-OH is 1. The summed E-state index contributed by atoms with van der Waals surface area (Å²) < 4.78 is 6.79. The zero-order valence-electron chi connectivity index (χ0n) is 11.5. The Kier molecular flexibility index (Phi) is 4.37. The van der Waals surface area contributed by atoms with Gasteiger partial charge in [-0.2, -0.15) is 5.10 Å². The van der Waals surface area contributed by atoms with Crippen molar-refractivity contribution < 1.29 is 14.6 Å². The van der Waals surface area contributed by atoms with Gasteiger partial charge in [0, 0.05) is 12.7 Å². The van der Waals surface area contributed by atoms with Crippen LogP contribution >= 0.6 is 0 Å². The smallest absolute Gasteiger partial charge is 0.273 e. The molecule has 0 unspecified atom stereocenters. The molecule has 2 rings (SSSR count). The highest BCUT2D eigenvalue weighted by Crippen LogP contribution is 2.16. The van der Waals surface area contributed by atoms with E-state index in [1.165, 1.54) is 0 Å². The summed E-state index contributed by atoms with van der Waals surface area (Å²) in [6, 6.07) is 8.69. The monoisotopic (exact) mass is 275 g/mol. The van der Waals surface area contributed by atoms with Crippen LogP contribution < -0.4 is 10.1 Å². The molecule has 0 saturated heterocycles. The third-order valence-electron chi connectivity index (χ3n) is 2.71. The number of hydrogen-bond acceptors (Lipinski definition) is 4. The number of nitrogens with one attached hydrogen (secondary N) is 1. The van der Waals surface area contributed by atoms with Gasteiger partial charge >= 0.3 is 0 Å². The van der Waals surface area contributed by atoms with Crippen molar-refractivity contribution in [3.05, 3.63) is 41.7 Å². The Morgan fingerprint density at radius 1 is 1.40 bits per heavy atom. The molecule has 0 aliphatic carbocycles. The van der Waals surface area contributed by atoms with Gasteiger partial charge in [0.05, 0.1) is 12.3 Å². The first-order valence-corrected chi connectivity index (χ1v) is 6.26. The number of amides is 1. The summed E-state index contributed by atoms with van der Waals surface area (Å²) in [7, 11) is 1.73. The first-order valence-electron chi connectivity index (χ1n) is 6.26. The van der Waals surface area contributed by atoms with Crippen LogP contribution in [0, 0.1) is 6.92 Å². The van der Waals surface area contributed by atoms with Gasteiger partial charge in [-0.25, -0.2) is 0 Å². The van der Waals surface area contributed by atoms with Crippen LogP contribution in [0.15, 0.2) is 30.3 Å². The van der Waals surface area contributed by atoms with Gasteiger partial charge in [0.1, 0.15) is 18.1 Å². The summed E-state index contributed by atoms with van der Waals surface area (Å²) in [5, 5.41) is 15.6. The highest BCUT2D eigenvalue weighted by molar-refractivity contribution is 6.03. The average molecular weight is 275 g/mol. The zero-order valence-corrected chi connectivity index (χ0v) is 11.5. The molecule has 2 N–H and O–H groups in total. The summed E-state index contributed by atoms with van der Waals surface area (Å²) >= 11 is 0. The number of anilines is 1. The number of aryl methyl sites for hydroxylation is 2. The molecule has 1 amide bonds. The molecule has 1 aromatic heterocycles. The highest BCUT2D eigenvalue weighted by Gasteiger charge is 2.11. The van der Waals surface area contributed by atoms with Crippen molar-refractivity contribution in [2.24, 2.45) is 7.05 Å². The van der Waals surface area contributed by atoms with E-state index in [4.69, 9.17) is 9.84 Å². The maximum absolute atomic E-state index is 12.1. The normalized spacial score (nSPS) is 10.3. The molecular weight excluding hydrogens is 258 g/mol. The van der Waals surface area contributed by atoms with Crippen LogP contribution in [-0.2, 0) is 7.05 Å². The number of rotatable bonds is 5.